The number of amides is 3. The molecule has 0 bridgehead atoms. The Labute approximate surface area is 217 Å². The molecule has 2 unspecified atom stereocenters. The Balaban J connectivity index is 1.56. The van der Waals surface area contributed by atoms with Crippen LogP contribution in [0, 0.1) is 11.7 Å². The van der Waals surface area contributed by atoms with E-state index >= 15 is 0 Å². The summed E-state index contributed by atoms with van der Waals surface area (Å²) in [5.41, 5.74) is 1.21. The summed E-state index contributed by atoms with van der Waals surface area (Å²) in [4.78, 5) is 43.2. The Morgan fingerprint density at radius 2 is 1.73 bits per heavy atom. The molecule has 0 radical (unpaired) electrons. The van der Waals surface area contributed by atoms with E-state index in [0.29, 0.717) is 12.5 Å². The minimum absolute atomic E-state index is 0.0967. The molecule has 9 heteroatoms. The van der Waals surface area contributed by atoms with E-state index in [1.165, 1.54) is 6.07 Å². The number of anilines is 2. The number of benzene rings is 2. The highest BCUT2D eigenvalue weighted by Crippen LogP contribution is 2.36. The molecule has 1 heterocycles. The molecule has 4 rings (SSSR count). The van der Waals surface area contributed by atoms with E-state index in [-0.39, 0.29) is 17.9 Å². The van der Waals surface area contributed by atoms with E-state index < -0.39 is 35.5 Å². The van der Waals surface area contributed by atoms with Gasteiger partial charge in [0.2, 0.25) is 5.91 Å². The zero-order valence-electron chi connectivity index (χ0n) is 21.8. The third-order valence-corrected chi connectivity index (χ3v) is 6.50. The maximum atomic E-state index is 14.4. The molecule has 1 aliphatic carbocycles. The normalized spacial score (nSPS) is 18.5. The number of ether oxygens (including phenoxy) is 1. The van der Waals surface area contributed by atoms with Gasteiger partial charge < -0.3 is 25.2 Å². The average Bonchev–Trinajstić information content (AvgIpc) is 3.66. The number of nitrogens with one attached hydrogen (secondary N) is 2. The number of fused-ring (bicyclic) bond motifs is 1. The molecule has 1 saturated carbocycles. The van der Waals surface area contributed by atoms with Gasteiger partial charge in [-0.2, -0.15) is 0 Å². The van der Waals surface area contributed by atoms with Crippen molar-refractivity contribution in [2.45, 2.75) is 57.7 Å². The molecule has 2 atom stereocenters. The van der Waals surface area contributed by atoms with Gasteiger partial charge in [0.1, 0.15) is 23.5 Å². The standard InChI is InChI=1S/C28H35FN4O4/c1-28(2,3)37-27(36)31-21(15-19-9-5-6-10-20(19)29)25(34)30-22-17-33(16-18-13-14-18)24-12-8-7-11-23(24)32(4)26(22)35/h5-12,18,21-22H,13-17H2,1-4H3,(H,30,34)(H,31,36). The lowest BCUT2D eigenvalue weighted by Gasteiger charge is -2.28. The van der Waals surface area contributed by atoms with Gasteiger partial charge in [-0.15, -0.1) is 0 Å². The predicted octanol–water partition coefficient (Wildman–Crippen LogP) is 3.64. The van der Waals surface area contributed by atoms with Crippen LogP contribution in [-0.2, 0) is 20.7 Å². The zero-order chi connectivity index (χ0) is 26.7. The molecule has 198 valence electrons. The van der Waals surface area contributed by atoms with Gasteiger partial charge in [-0.3, -0.25) is 9.59 Å². The number of hydrogen-bond acceptors (Lipinski definition) is 5. The van der Waals surface area contributed by atoms with Gasteiger partial charge in [-0.05, 0) is 63.3 Å². The molecule has 2 aromatic rings. The van der Waals surface area contributed by atoms with Crippen LogP contribution < -0.4 is 20.4 Å². The van der Waals surface area contributed by atoms with E-state index in [9.17, 15) is 18.8 Å². The Kier molecular flexibility index (Phi) is 7.71. The number of para-hydroxylation sites is 2. The predicted molar refractivity (Wildman–Crippen MR) is 140 cm³/mol. The highest BCUT2D eigenvalue weighted by molar-refractivity contribution is 6.03. The van der Waals surface area contributed by atoms with E-state index in [2.05, 4.69) is 15.5 Å². The van der Waals surface area contributed by atoms with Gasteiger partial charge in [-0.1, -0.05) is 30.3 Å². The fraction of sp³-hybridized carbons (Fsp3) is 0.464. The van der Waals surface area contributed by atoms with Gasteiger partial charge >= 0.3 is 6.09 Å². The van der Waals surface area contributed by atoms with Crippen LogP contribution in [0.15, 0.2) is 48.5 Å². The van der Waals surface area contributed by atoms with Crippen molar-refractivity contribution in [3.05, 3.63) is 59.9 Å². The third-order valence-electron chi connectivity index (χ3n) is 6.50. The lowest BCUT2D eigenvalue weighted by atomic mass is 10.0. The van der Waals surface area contributed by atoms with E-state index in [1.54, 1.807) is 50.9 Å². The maximum Gasteiger partial charge on any atom is 0.408 e. The summed E-state index contributed by atoms with van der Waals surface area (Å²) in [6.45, 7) is 6.22. The zero-order valence-corrected chi connectivity index (χ0v) is 21.8. The van der Waals surface area contributed by atoms with Gasteiger partial charge in [0, 0.05) is 26.6 Å². The van der Waals surface area contributed by atoms with Crippen molar-refractivity contribution in [2.75, 3.05) is 29.9 Å². The Morgan fingerprint density at radius 1 is 1.08 bits per heavy atom. The maximum absolute atomic E-state index is 14.4. The number of carbonyl (C=O) groups is 3. The lowest BCUT2D eigenvalue weighted by molar-refractivity contribution is -0.128. The molecule has 2 aliphatic rings. The summed E-state index contributed by atoms with van der Waals surface area (Å²) < 4.78 is 19.8. The van der Waals surface area contributed by atoms with E-state index in [4.69, 9.17) is 4.74 Å². The number of nitrogens with zero attached hydrogens (tertiary/aromatic N) is 2. The molecular weight excluding hydrogens is 475 g/mol. The van der Waals surface area contributed by atoms with Gasteiger partial charge in [-0.25, -0.2) is 9.18 Å². The SMILES string of the molecule is CN1C(=O)C(NC(=O)C(Cc2ccccc2F)NC(=O)OC(C)(C)C)CN(CC2CC2)c2ccccc21. The molecule has 0 saturated heterocycles. The van der Waals surface area contributed by atoms with Crippen LogP contribution in [0.2, 0.25) is 0 Å². The quantitative estimate of drug-likeness (QED) is 0.594. The van der Waals surface area contributed by atoms with Crippen LogP contribution >= 0.6 is 0 Å². The second-order valence-corrected chi connectivity index (χ2v) is 10.8. The molecule has 1 aliphatic heterocycles. The van der Waals surface area contributed by atoms with Crippen LogP contribution in [-0.4, -0.2) is 55.7 Å². The second-order valence-electron chi connectivity index (χ2n) is 10.8. The van der Waals surface area contributed by atoms with Crippen LogP contribution in [0.1, 0.15) is 39.2 Å². The summed E-state index contributed by atoms with van der Waals surface area (Å²) in [6.07, 6.45) is 1.39. The molecule has 3 amide bonds. The van der Waals surface area contributed by atoms with Crippen molar-refractivity contribution in [1.82, 2.24) is 10.6 Å². The molecular formula is C28H35FN4O4. The second kappa shape index (κ2) is 10.8. The van der Waals surface area contributed by atoms with Crippen LogP contribution in [0.25, 0.3) is 0 Å². The van der Waals surface area contributed by atoms with Gasteiger partial charge in [0.25, 0.3) is 5.91 Å². The Bertz CT molecular complexity index is 1160. The molecule has 2 N–H and O–H groups in total. The summed E-state index contributed by atoms with van der Waals surface area (Å²) in [5.74, 6) is -0.771. The van der Waals surface area contributed by atoms with E-state index in [0.717, 1.165) is 30.8 Å². The van der Waals surface area contributed by atoms with E-state index in [1.807, 2.05) is 24.3 Å². The first kappa shape index (κ1) is 26.4. The highest BCUT2D eigenvalue weighted by Gasteiger charge is 2.36. The van der Waals surface area contributed by atoms with Crippen molar-refractivity contribution in [3.8, 4) is 0 Å². The number of halogens is 1. The monoisotopic (exact) mass is 510 g/mol. The van der Waals surface area contributed by atoms with Gasteiger partial charge in [0.15, 0.2) is 0 Å². The van der Waals surface area contributed by atoms with Crippen molar-refractivity contribution in [1.29, 1.82) is 0 Å². The highest BCUT2D eigenvalue weighted by atomic mass is 19.1. The minimum Gasteiger partial charge on any atom is -0.444 e. The number of likely N-dealkylation sites (N-methyl/N-ethyl adjacent to an activating group) is 1. The summed E-state index contributed by atoms with van der Waals surface area (Å²) in [7, 11) is 1.69. The molecule has 0 spiro atoms. The molecule has 1 fully saturated rings. The minimum atomic E-state index is -1.15. The average molecular weight is 511 g/mol. The molecule has 2 aromatic carbocycles. The van der Waals surface area contributed by atoms with Crippen molar-refractivity contribution in [2.24, 2.45) is 5.92 Å². The van der Waals surface area contributed by atoms with Crippen LogP contribution in [0.3, 0.4) is 0 Å². The van der Waals surface area contributed by atoms with Crippen molar-refractivity contribution >= 4 is 29.3 Å². The van der Waals surface area contributed by atoms with Crippen LogP contribution in [0.4, 0.5) is 20.6 Å². The smallest absolute Gasteiger partial charge is 0.408 e. The first-order chi connectivity index (χ1) is 17.5. The molecule has 8 nitrogen and oxygen atoms in total. The lowest BCUT2D eigenvalue weighted by Crippen LogP contribution is -2.57. The molecule has 0 aromatic heterocycles. The Hall–Kier alpha value is -3.62. The number of carbonyl (C=O) groups excluding carboxylic acids is 3. The summed E-state index contributed by atoms with van der Waals surface area (Å²) in [6, 6.07) is 11.8. The third kappa shape index (κ3) is 6.78. The number of rotatable bonds is 7. The van der Waals surface area contributed by atoms with Gasteiger partial charge in [0.05, 0.1) is 11.4 Å². The topological polar surface area (TPSA) is 91.0 Å². The number of hydrogen-bond donors (Lipinski definition) is 2. The first-order valence-corrected chi connectivity index (χ1v) is 12.7. The van der Waals surface area contributed by atoms with Crippen molar-refractivity contribution in [3.63, 3.8) is 0 Å². The summed E-state index contributed by atoms with van der Waals surface area (Å²) in [5, 5.41) is 5.41. The fourth-order valence-corrected chi connectivity index (χ4v) is 4.47. The van der Waals surface area contributed by atoms with Crippen LogP contribution in [0.5, 0.6) is 0 Å². The van der Waals surface area contributed by atoms with Crippen molar-refractivity contribution < 1.29 is 23.5 Å². The summed E-state index contributed by atoms with van der Waals surface area (Å²) >= 11 is 0. The largest absolute Gasteiger partial charge is 0.444 e. The molecule has 37 heavy (non-hydrogen) atoms. The fourth-order valence-electron chi connectivity index (χ4n) is 4.47. The first-order valence-electron chi connectivity index (χ1n) is 12.7. The Morgan fingerprint density at radius 3 is 2.38 bits per heavy atom. The number of alkyl carbamates (subject to hydrolysis) is 1.